The van der Waals surface area contributed by atoms with Gasteiger partial charge in [-0.15, -0.1) is 0 Å². The summed E-state index contributed by atoms with van der Waals surface area (Å²) in [5.41, 5.74) is 0. The summed E-state index contributed by atoms with van der Waals surface area (Å²) in [6, 6.07) is -1.03. The molecular formula is C66H117NO10. The Morgan fingerprint density at radius 3 is 1.40 bits per heavy atom. The molecule has 0 aromatic rings. The number of ether oxygens (including phenoxy) is 3. The quantitative estimate of drug-likeness (QED) is 0.0195. The number of amides is 1. The van der Waals surface area contributed by atoms with Gasteiger partial charge in [-0.1, -0.05) is 267 Å². The molecule has 6 N–H and O–H groups in total. The maximum Gasteiger partial charge on any atom is 0.306 e. The van der Waals surface area contributed by atoms with Gasteiger partial charge in [-0.2, -0.15) is 0 Å². The van der Waals surface area contributed by atoms with Crippen molar-refractivity contribution in [3.63, 3.8) is 0 Å². The molecule has 446 valence electrons. The van der Waals surface area contributed by atoms with Crippen molar-refractivity contribution >= 4 is 11.9 Å². The van der Waals surface area contributed by atoms with Crippen molar-refractivity contribution in [1.29, 1.82) is 0 Å². The monoisotopic (exact) mass is 1080 g/mol. The van der Waals surface area contributed by atoms with Crippen LogP contribution in [-0.2, 0) is 23.8 Å². The number of aliphatic hydroxyl groups is 5. The molecular weight excluding hydrogens is 967 g/mol. The topological polar surface area (TPSA) is 175 Å². The van der Waals surface area contributed by atoms with Gasteiger partial charge in [0.15, 0.2) is 12.4 Å². The summed E-state index contributed by atoms with van der Waals surface area (Å²) in [6.45, 7) is 5.67. The number of esters is 1. The lowest BCUT2D eigenvalue weighted by Gasteiger charge is -2.41. The minimum Gasteiger partial charge on any atom is -0.454 e. The van der Waals surface area contributed by atoms with E-state index in [1.807, 2.05) is 6.08 Å². The third-order valence-corrected chi connectivity index (χ3v) is 14.6. The van der Waals surface area contributed by atoms with E-state index in [4.69, 9.17) is 14.2 Å². The van der Waals surface area contributed by atoms with Crippen LogP contribution < -0.4 is 5.32 Å². The Morgan fingerprint density at radius 1 is 0.519 bits per heavy atom. The first-order chi connectivity index (χ1) is 37.7. The molecule has 11 nitrogen and oxygen atoms in total. The van der Waals surface area contributed by atoms with Gasteiger partial charge in [-0.25, -0.2) is 0 Å². The molecule has 1 aliphatic rings. The van der Waals surface area contributed by atoms with Crippen molar-refractivity contribution in [2.24, 2.45) is 0 Å². The van der Waals surface area contributed by atoms with Gasteiger partial charge in [0.25, 0.3) is 0 Å². The van der Waals surface area contributed by atoms with Gasteiger partial charge in [0.1, 0.15) is 24.4 Å². The summed E-state index contributed by atoms with van der Waals surface area (Å²) in [7, 11) is 0. The maximum absolute atomic E-state index is 13.4. The summed E-state index contributed by atoms with van der Waals surface area (Å²) >= 11 is 0. The van der Waals surface area contributed by atoms with Gasteiger partial charge < -0.3 is 45.1 Å². The summed E-state index contributed by atoms with van der Waals surface area (Å²) < 4.78 is 17.6. The molecule has 77 heavy (non-hydrogen) atoms. The molecule has 0 spiro atoms. The van der Waals surface area contributed by atoms with E-state index in [0.717, 1.165) is 103 Å². The zero-order valence-corrected chi connectivity index (χ0v) is 49.3. The molecule has 1 saturated heterocycles. The van der Waals surface area contributed by atoms with Crippen molar-refractivity contribution in [2.45, 2.75) is 320 Å². The number of hydrogen-bond acceptors (Lipinski definition) is 10. The Labute approximate surface area is 471 Å². The van der Waals surface area contributed by atoms with E-state index in [2.05, 4.69) is 86.8 Å². The molecule has 0 saturated carbocycles. The first kappa shape index (κ1) is 72.1. The van der Waals surface area contributed by atoms with Crippen molar-refractivity contribution in [3.05, 3.63) is 72.9 Å². The molecule has 8 atom stereocenters. The van der Waals surface area contributed by atoms with Crippen LogP contribution in [0.15, 0.2) is 72.9 Å². The Hall–Kier alpha value is -2.90. The van der Waals surface area contributed by atoms with Gasteiger partial charge >= 0.3 is 5.97 Å². The Kier molecular flexibility index (Phi) is 50.3. The van der Waals surface area contributed by atoms with Crippen LogP contribution in [0, 0.1) is 0 Å². The second kappa shape index (κ2) is 53.7. The van der Waals surface area contributed by atoms with Crippen LogP contribution in [-0.4, -0.2) is 99.6 Å². The molecule has 0 bridgehead atoms. The van der Waals surface area contributed by atoms with Crippen LogP contribution in [0.4, 0.5) is 0 Å². The van der Waals surface area contributed by atoms with Crippen LogP contribution in [0.3, 0.4) is 0 Å². The Bertz CT molecular complexity index is 1530. The van der Waals surface area contributed by atoms with Crippen molar-refractivity contribution in [3.8, 4) is 0 Å². The van der Waals surface area contributed by atoms with Crippen molar-refractivity contribution in [1.82, 2.24) is 5.32 Å². The number of carbonyl (C=O) groups is 2. The highest BCUT2D eigenvalue weighted by Crippen LogP contribution is 2.26. The second-order valence-corrected chi connectivity index (χ2v) is 21.8. The van der Waals surface area contributed by atoms with Crippen LogP contribution in [0.1, 0.15) is 271 Å². The molecule has 0 radical (unpaired) electrons. The van der Waals surface area contributed by atoms with E-state index in [1.54, 1.807) is 6.08 Å². The summed E-state index contributed by atoms with van der Waals surface area (Å²) in [5.74, 6) is -1.21. The largest absolute Gasteiger partial charge is 0.454 e. The van der Waals surface area contributed by atoms with Gasteiger partial charge in [0, 0.05) is 6.42 Å². The number of hydrogen-bond donors (Lipinski definition) is 6. The second-order valence-electron chi connectivity index (χ2n) is 21.8. The summed E-state index contributed by atoms with van der Waals surface area (Å²) in [6.07, 6.45) is 57.9. The zero-order chi connectivity index (χ0) is 56.1. The van der Waals surface area contributed by atoms with Crippen LogP contribution in [0.5, 0.6) is 0 Å². The molecule has 0 aliphatic carbocycles. The molecule has 1 fully saturated rings. The number of allylic oxidation sites excluding steroid dienone is 11. The van der Waals surface area contributed by atoms with E-state index >= 15 is 0 Å². The average molecular weight is 1080 g/mol. The zero-order valence-electron chi connectivity index (χ0n) is 49.3. The maximum atomic E-state index is 13.4. The summed E-state index contributed by atoms with van der Waals surface area (Å²) in [5, 5.41) is 57.0. The first-order valence-electron chi connectivity index (χ1n) is 31.7. The molecule has 1 rings (SSSR count). The Morgan fingerprint density at radius 2 is 0.935 bits per heavy atom. The highest BCUT2D eigenvalue weighted by Gasteiger charge is 2.47. The van der Waals surface area contributed by atoms with Gasteiger partial charge in [0.2, 0.25) is 5.91 Å². The Balaban J connectivity index is 2.66. The fourth-order valence-corrected chi connectivity index (χ4v) is 9.62. The summed E-state index contributed by atoms with van der Waals surface area (Å²) in [4.78, 5) is 26.5. The first-order valence-corrected chi connectivity index (χ1v) is 31.7. The third kappa shape index (κ3) is 41.7. The highest BCUT2D eigenvalue weighted by atomic mass is 16.7. The lowest BCUT2D eigenvalue weighted by atomic mass is 9.99. The van der Waals surface area contributed by atoms with Gasteiger partial charge in [-0.05, 0) is 70.6 Å². The number of aliphatic hydroxyl groups excluding tert-OH is 5. The van der Waals surface area contributed by atoms with Crippen LogP contribution in [0.25, 0.3) is 0 Å². The smallest absolute Gasteiger partial charge is 0.306 e. The standard InChI is InChI=1S/C66H117NO10/c1-4-7-10-13-16-19-22-24-26-28-29-30-31-32-34-36-39-42-45-48-51-54-61(71)77-64-63(73)62(72)60(55-68)76-66(64)75-56-57(58(69)52-49-46-43-40-37-21-18-15-12-9-6-3)67-65(74)59(70)53-50-47-44-41-38-35-33-27-25-23-20-17-14-11-8-5-2/h7,10,16,19,24,26,29-30,32,34,49,52,57-60,62-64,66,68-70,72-73H,4-6,8-9,11-15,17-18,20-23,25,27-28,31,33,35-48,50-51,53-56H2,1-3H3,(H,67,74)/b10-7-,19-16-,26-24-,30-29-,34-32-,52-49+. The normalized spacial score (nSPS) is 19.5. The third-order valence-electron chi connectivity index (χ3n) is 14.6. The molecule has 0 aromatic heterocycles. The minimum atomic E-state index is -1.62. The fourth-order valence-electron chi connectivity index (χ4n) is 9.62. The molecule has 1 heterocycles. The number of unbranched alkanes of at least 4 members (excludes halogenated alkanes) is 29. The molecule has 8 unspecified atom stereocenters. The lowest BCUT2D eigenvalue weighted by molar-refractivity contribution is -0.305. The average Bonchev–Trinajstić information content (AvgIpc) is 3.43. The minimum absolute atomic E-state index is 0.0999. The number of carbonyl (C=O) groups excluding carboxylic acids is 2. The molecule has 1 amide bonds. The molecule has 11 heteroatoms. The molecule has 0 aromatic carbocycles. The van der Waals surface area contributed by atoms with Crippen molar-refractivity contribution < 1.29 is 49.3 Å². The number of nitrogens with one attached hydrogen (secondary N) is 1. The molecule has 1 aliphatic heterocycles. The fraction of sp³-hybridized carbons (Fsp3) is 0.788. The van der Waals surface area contributed by atoms with E-state index in [9.17, 15) is 35.1 Å². The lowest BCUT2D eigenvalue weighted by Crippen LogP contribution is -2.61. The predicted molar refractivity (Wildman–Crippen MR) is 319 cm³/mol. The predicted octanol–water partition coefficient (Wildman–Crippen LogP) is 15.2. The van der Waals surface area contributed by atoms with Crippen molar-refractivity contribution in [2.75, 3.05) is 13.2 Å². The van der Waals surface area contributed by atoms with E-state index < -0.39 is 67.4 Å². The SMILES string of the molecule is CC/C=C\C/C=C\C/C=C\C/C=C\C/C=C\CCCCCCCC(=O)OC1C(OCC(NC(=O)C(O)CCCCCCCCCCCCCCCCCC)C(O)/C=C/CCCCCCCCCCC)OC(CO)C(O)C1O. The van der Waals surface area contributed by atoms with E-state index in [-0.39, 0.29) is 13.0 Å². The highest BCUT2D eigenvalue weighted by molar-refractivity contribution is 5.80. The van der Waals surface area contributed by atoms with E-state index in [1.165, 1.54) is 122 Å². The van der Waals surface area contributed by atoms with Gasteiger partial charge in [0.05, 0.1) is 25.4 Å². The van der Waals surface area contributed by atoms with Gasteiger partial charge in [-0.3, -0.25) is 9.59 Å². The number of rotatable bonds is 53. The van der Waals surface area contributed by atoms with Crippen LogP contribution >= 0.6 is 0 Å². The van der Waals surface area contributed by atoms with E-state index in [0.29, 0.717) is 19.3 Å². The van der Waals surface area contributed by atoms with Crippen LogP contribution in [0.2, 0.25) is 0 Å².